The highest BCUT2D eigenvalue weighted by atomic mass is 16.5. The Labute approximate surface area is 147 Å². The maximum absolute atomic E-state index is 12.3. The first-order valence-corrected chi connectivity index (χ1v) is 8.53. The van der Waals surface area contributed by atoms with Gasteiger partial charge in [-0.25, -0.2) is 0 Å². The number of ether oxygens (including phenoxy) is 2. The van der Waals surface area contributed by atoms with E-state index >= 15 is 0 Å². The van der Waals surface area contributed by atoms with E-state index in [0.29, 0.717) is 12.2 Å². The smallest absolute Gasteiger partial charge is 0.270 e. The number of morpholine rings is 1. The van der Waals surface area contributed by atoms with Crippen molar-refractivity contribution in [1.82, 2.24) is 10.3 Å². The number of carbonyl (C=O) groups is 1. The van der Waals surface area contributed by atoms with Crippen LogP contribution in [-0.4, -0.2) is 50.8 Å². The Balaban J connectivity index is 1.72. The third-order valence-electron chi connectivity index (χ3n) is 4.51. The number of hydrogen-bond acceptors (Lipinski definition) is 4. The predicted octanol–water partition coefficient (Wildman–Crippen LogP) is 0.476. The van der Waals surface area contributed by atoms with E-state index in [9.17, 15) is 4.79 Å². The minimum Gasteiger partial charge on any atom is -0.497 e. The summed E-state index contributed by atoms with van der Waals surface area (Å²) in [5.41, 5.74) is 1.62. The third kappa shape index (κ3) is 4.55. The zero-order valence-corrected chi connectivity index (χ0v) is 14.4. The van der Waals surface area contributed by atoms with Crippen LogP contribution in [0.15, 0.2) is 48.7 Å². The normalized spacial score (nSPS) is 16.2. The van der Waals surface area contributed by atoms with E-state index < -0.39 is 0 Å². The molecule has 132 valence electrons. The number of rotatable bonds is 6. The van der Waals surface area contributed by atoms with Gasteiger partial charge in [0.1, 0.15) is 30.6 Å². The molecule has 1 amide bonds. The van der Waals surface area contributed by atoms with E-state index in [2.05, 4.69) is 22.4 Å². The standard InChI is InChI=1S/C19H23N3O3/c1-24-16-7-5-15(6-8-16)18(22-10-12-25-13-11-22)14-21-19(23)17-4-2-3-9-20-17/h2-9,18H,10-14H2,1H3,(H,21,23)/p+1/t18-/m0/s1. The molecular weight excluding hydrogens is 318 g/mol. The van der Waals surface area contributed by atoms with Gasteiger partial charge in [0, 0.05) is 11.8 Å². The van der Waals surface area contributed by atoms with Gasteiger partial charge in [-0.3, -0.25) is 9.78 Å². The second-order valence-electron chi connectivity index (χ2n) is 6.02. The molecule has 2 N–H and O–H groups in total. The summed E-state index contributed by atoms with van der Waals surface area (Å²) in [6, 6.07) is 13.6. The number of quaternary nitrogens is 1. The number of nitrogens with zero attached hydrogens (tertiary/aromatic N) is 1. The molecule has 1 saturated heterocycles. The largest absolute Gasteiger partial charge is 0.497 e. The molecule has 2 aromatic rings. The first-order chi connectivity index (χ1) is 12.3. The highest BCUT2D eigenvalue weighted by Gasteiger charge is 2.27. The third-order valence-corrected chi connectivity index (χ3v) is 4.51. The Morgan fingerprint density at radius 2 is 2.00 bits per heavy atom. The van der Waals surface area contributed by atoms with Gasteiger partial charge >= 0.3 is 0 Å². The molecule has 1 fully saturated rings. The maximum Gasteiger partial charge on any atom is 0.270 e. The van der Waals surface area contributed by atoms with Crippen LogP contribution >= 0.6 is 0 Å². The molecule has 1 atom stereocenters. The van der Waals surface area contributed by atoms with Gasteiger partial charge in [0.2, 0.25) is 0 Å². The molecule has 1 aromatic carbocycles. The lowest BCUT2D eigenvalue weighted by Gasteiger charge is -2.32. The lowest BCUT2D eigenvalue weighted by molar-refractivity contribution is -0.937. The van der Waals surface area contributed by atoms with E-state index in [4.69, 9.17) is 9.47 Å². The van der Waals surface area contributed by atoms with Crippen LogP contribution in [0.25, 0.3) is 0 Å². The minimum atomic E-state index is -0.147. The first kappa shape index (κ1) is 17.4. The minimum absolute atomic E-state index is 0.147. The van der Waals surface area contributed by atoms with Gasteiger partial charge < -0.3 is 19.7 Å². The number of methoxy groups -OCH3 is 1. The van der Waals surface area contributed by atoms with Crippen molar-refractivity contribution in [2.24, 2.45) is 0 Å². The summed E-state index contributed by atoms with van der Waals surface area (Å²) in [6.07, 6.45) is 1.63. The summed E-state index contributed by atoms with van der Waals surface area (Å²) < 4.78 is 10.7. The van der Waals surface area contributed by atoms with Crippen LogP contribution in [-0.2, 0) is 4.74 Å². The van der Waals surface area contributed by atoms with Crippen molar-refractivity contribution in [3.05, 3.63) is 59.9 Å². The van der Waals surface area contributed by atoms with Crippen LogP contribution in [0, 0.1) is 0 Å². The zero-order chi connectivity index (χ0) is 17.5. The number of pyridine rings is 1. The number of benzene rings is 1. The average Bonchev–Trinajstić information content (AvgIpc) is 2.70. The number of aromatic nitrogens is 1. The van der Waals surface area contributed by atoms with E-state index in [1.165, 1.54) is 10.5 Å². The van der Waals surface area contributed by atoms with Gasteiger partial charge in [0.25, 0.3) is 5.91 Å². The Bertz CT molecular complexity index is 670. The topological polar surface area (TPSA) is 64.9 Å². The SMILES string of the molecule is COc1ccc([C@H](CNC(=O)c2ccccn2)[NH+]2CCOCC2)cc1. The Morgan fingerprint density at radius 3 is 2.64 bits per heavy atom. The fourth-order valence-corrected chi connectivity index (χ4v) is 3.10. The quantitative estimate of drug-likeness (QED) is 0.801. The highest BCUT2D eigenvalue weighted by molar-refractivity contribution is 5.92. The fraction of sp³-hybridized carbons (Fsp3) is 0.368. The number of hydrogen-bond donors (Lipinski definition) is 2. The molecule has 0 radical (unpaired) electrons. The van der Waals surface area contributed by atoms with E-state index in [1.807, 2.05) is 18.2 Å². The maximum atomic E-state index is 12.3. The molecule has 0 bridgehead atoms. The van der Waals surface area contributed by atoms with E-state index in [-0.39, 0.29) is 11.9 Å². The number of carbonyl (C=O) groups excluding carboxylic acids is 1. The van der Waals surface area contributed by atoms with Gasteiger partial charge in [-0.15, -0.1) is 0 Å². The lowest BCUT2D eigenvalue weighted by atomic mass is 10.0. The van der Waals surface area contributed by atoms with Crippen molar-refractivity contribution in [2.45, 2.75) is 6.04 Å². The van der Waals surface area contributed by atoms with Crippen LogP contribution in [0.2, 0.25) is 0 Å². The molecular formula is C19H24N3O3+. The summed E-state index contributed by atoms with van der Waals surface area (Å²) in [5, 5.41) is 3.03. The summed E-state index contributed by atoms with van der Waals surface area (Å²) in [6.45, 7) is 3.90. The average molecular weight is 342 g/mol. The van der Waals surface area contributed by atoms with Crippen molar-refractivity contribution in [3.63, 3.8) is 0 Å². The molecule has 0 saturated carbocycles. The van der Waals surface area contributed by atoms with Gasteiger partial charge in [0.05, 0.1) is 26.9 Å². The van der Waals surface area contributed by atoms with Crippen molar-refractivity contribution >= 4 is 5.91 Å². The molecule has 6 nitrogen and oxygen atoms in total. The van der Waals surface area contributed by atoms with Crippen molar-refractivity contribution in [2.75, 3.05) is 40.0 Å². The van der Waals surface area contributed by atoms with Crippen LogP contribution in [0.4, 0.5) is 0 Å². The number of nitrogens with one attached hydrogen (secondary N) is 2. The van der Waals surface area contributed by atoms with Gasteiger partial charge in [-0.1, -0.05) is 6.07 Å². The Hall–Kier alpha value is -2.44. The summed E-state index contributed by atoms with van der Waals surface area (Å²) in [4.78, 5) is 17.9. The highest BCUT2D eigenvalue weighted by Crippen LogP contribution is 2.16. The summed E-state index contributed by atoms with van der Waals surface area (Å²) in [7, 11) is 1.66. The first-order valence-electron chi connectivity index (χ1n) is 8.53. The lowest BCUT2D eigenvalue weighted by Crippen LogP contribution is -3.15. The molecule has 6 heteroatoms. The molecule has 0 unspecified atom stereocenters. The van der Waals surface area contributed by atoms with E-state index in [1.54, 1.807) is 25.4 Å². The van der Waals surface area contributed by atoms with Crippen LogP contribution in [0.1, 0.15) is 22.1 Å². The molecule has 1 aromatic heterocycles. The Morgan fingerprint density at radius 1 is 1.24 bits per heavy atom. The van der Waals surface area contributed by atoms with Crippen LogP contribution < -0.4 is 15.0 Å². The molecule has 1 aliphatic rings. The molecule has 1 aliphatic heterocycles. The van der Waals surface area contributed by atoms with Gasteiger partial charge in [-0.05, 0) is 36.4 Å². The van der Waals surface area contributed by atoms with Gasteiger partial charge in [0.15, 0.2) is 0 Å². The predicted molar refractivity (Wildman–Crippen MR) is 93.8 cm³/mol. The molecule has 2 heterocycles. The summed E-state index contributed by atoms with van der Waals surface area (Å²) >= 11 is 0. The zero-order valence-electron chi connectivity index (χ0n) is 14.4. The number of amides is 1. The summed E-state index contributed by atoms with van der Waals surface area (Å²) in [5.74, 6) is 0.684. The van der Waals surface area contributed by atoms with Crippen LogP contribution in [0.5, 0.6) is 5.75 Å². The Kier molecular flexibility index (Phi) is 5.98. The monoisotopic (exact) mass is 342 g/mol. The fourth-order valence-electron chi connectivity index (χ4n) is 3.10. The second-order valence-corrected chi connectivity index (χ2v) is 6.02. The molecule has 0 spiro atoms. The van der Waals surface area contributed by atoms with Crippen molar-refractivity contribution < 1.29 is 19.2 Å². The second kappa shape index (κ2) is 8.60. The van der Waals surface area contributed by atoms with E-state index in [0.717, 1.165) is 32.1 Å². The van der Waals surface area contributed by atoms with Gasteiger partial charge in [-0.2, -0.15) is 0 Å². The molecule has 25 heavy (non-hydrogen) atoms. The van der Waals surface area contributed by atoms with Crippen LogP contribution in [0.3, 0.4) is 0 Å². The van der Waals surface area contributed by atoms with Crippen molar-refractivity contribution in [3.8, 4) is 5.75 Å². The molecule has 3 rings (SSSR count). The van der Waals surface area contributed by atoms with Crippen molar-refractivity contribution in [1.29, 1.82) is 0 Å². The molecule has 0 aliphatic carbocycles.